The smallest absolute Gasteiger partial charge is 0.326 e. The number of rotatable bonds is 2. The molecule has 3 heterocycles. The Morgan fingerprint density at radius 1 is 1.44 bits per heavy atom. The molecule has 0 amide bonds. The second-order valence-corrected chi connectivity index (χ2v) is 4.19. The minimum Gasteiger partial charge on any atom is -0.480 e. The number of carboxylic acid groups (broad SMARTS) is 1. The van der Waals surface area contributed by atoms with Crippen LogP contribution in [-0.4, -0.2) is 54.8 Å². The number of aromatic nitrogens is 4. The quantitative estimate of drug-likeness (QED) is 0.649. The fourth-order valence-corrected chi connectivity index (χ4v) is 2.25. The average Bonchev–Trinajstić information content (AvgIpc) is 2.94. The van der Waals surface area contributed by atoms with Crippen LogP contribution in [0.15, 0.2) is 12.7 Å². The Morgan fingerprint density at radius 2 is 2.28 bits per heavy atom. The Labute approximate surface area is 101 Å². The van der Waals surface area contributed by atoms with Crippen molar-refractivity contribution < 1.29 is 15.0 Å². The third-order valence-corrected chi connectivity index (χ3v) is 3.04. The van der Waals surface area contributed by atoms with Gasteiger partial charge in [-0.2, -0.15) is 0 Å². The van der Waals surface area contributed by atoms with Crippen molar-refractivity contribution in [2.45, 2.75) is 18.6 Å². The van der Waals surface area contributed by atoms with Gasteiger partial charge in [0, 0.05) is 13.0 Å². The Balaban J connectivity index is 2.08. The highest BCUT2D eigenvalue weighted by Crippen LogP contribution is 2.28. The van der Waals surface area contributed by atoms with Gasteiger partial charge < -0.3 is 20.1 Å². The summed E-state index contributed by atoms with van der Waals surface area (Å²) in [4.78, 5) is 27.7. The number of nitrogens with zero attached hydrogens (tertiary/aromatic N) is 4. The number of H-pyrrole nitrogens is 1. The van der Waals surface area contributed by atoms with E-state index < -0.39 is 18.1 Å². The van der Waals surface area contributed by atoms with Crippen molar-refractivity contribution in [1.82, 2.24) is 19.9 Å². The maximum absolute atomic E-state index is 11.2. The van der Waals surface area contributed by atoms with E-state index in [1.807, 2.05) is 0 Å². The van der Waals surface area contributed by atoms with Gasteiger partial charge in [-0.1, -0.05) is 0 Å². The van der Waals surface area contributed by atoms with Crippen molar-refractivity contribution in [3.8, 4) is 0 Å². The molecule has 2 aromatic heterocycles. The topological polar surface area (TPSA) is 115 Å². The van der Waals surface area contributed by atoms with Crippen LogP contribution in [0.25, 0.3) is 11.2 Å². The van der Waals surface area contributed by atoms with E-state index in [0.717, 1.165) is 0 Å². The highest BCUT2D eigenvalue weighted by atomic mass is 16.4. The molecule has 3 N–H and O–H groups in total. The van der Waals surface area contributed by atoms with Crippen LogP contribution in [0.4, 0.5) is 5.82 Å². The average molecular weight is 249 g/mol. The molecule has 0 aromatic carbocycles. The third kappa shape index (κ3) is 1.58. The molecule has 94 valence electrons. The number of carbonyl (C=O) groups is 1. The lowest BCUT2D eigenvalue weighted by Gasteiger charge is -2.22. The molecule has 1 saturated heterocycles. The Morgan fingerprint density at radius 3 is 3.06 bits per heavy atom. The molecule has 18 heavy (non-hydrogen) atoms. The van der Waals surface area contributed by atoms with Crippen LogP contribution >= 0.6 is 0 Å². The van der Waals surface area contributed by atoms with Crippen molar-refractivity contribution in [3.05, 3.63) is 12.7 Å². The molecule has 0 radical (unpaired) electrons. The maximum atomic E-state index is 11.2. The zero-order chi connectivity index (χ0) is 12.7. The number of aliphatic hydroxyl groups is 1. The predicted octanol–water partition coefficient (Wildman–Crippen LogP) is -0.623. The predicted molar refractivity (Wildman–Crippen MR) is 61.1 cm³/mol. The van der Waals surface area contributed by atoms with E-state index in [1.165, 1.54) is 12.7 Å². The van der Waals surface area contributed by atoms with E-state index >= 15 is 0 Å². The number of aliphatic hydroxyl groups excluding tert-OH is 1. The van der Waals surface area contributed by atoms with Gasteiger partial charge >= 0.3 is 5.97 Å². The number of aliphatic carboxylic acids is 1. The fourth-order valence-electron chi connectivity index (χ4n) is 2.25. The molecule has 0 aliphatic carbocycles. The zero-order valence-corrected chi connectivity index (χ0v) is 9.32. The summed E-state index contributed by atoms with van der Waals surface area (Å²) in [5.74, 6) is -0.515. The van der Waals surface area contributed by atoms with E-state index in [9.17, 15) is 9.90 Å². The first-order chi connectivity index (χ1) is 8.66. The lowest BCUT2D eigenvalue weighted by Crippen LogP contribution is -2.36. The van der Waals surface area contributed by atoms with E-state index in [-0.39, 0.29) is 13.0 Å². The molecular weight excluding hydrogens is 238 g/mol. The van der Waals surface area contributed by atoms with Crippen LogP contribution in [-0.2, 0) is 4.79 Å². The zero-order valence-electron chi connectivity index (χ0n) is 9.32. The summed E-state index contributed by atoms with van der Waals surface area (Å²) < 4.78 is 0. The monoisotopic (exact) mass is 249 g/mol. The number of hydrogen-bond acceptors (Lipinski definition) is 6. The fraction of sp³-hybridized carbons (Fsp3) is 0.400. The summed E-state index contributed by atoms with van der Waals surface area (Å²) in [6.07, 6.45) is 2.33. The first-order valence-electron chi connectivity index (χ1n) is 5.48. The third-order valence-electron chi connectivity index (χ3n) is 3.04. The molecule has 8 nitrogen and oxygen atoms in total. The molecule has 3 rings (SSSR count). The van der Waals surface area contributed by atoms with Crippen molar-refractivity contribution in [2.75, 3.05) is 11.4 Å². The number of β-amino-alcohol motifs (C(OH)–C–C–N with tert-alkyl or cyclic N) is 1. The Kier molecular flexibility index (Phi) is 2.37. The second-order valence-electron chi connectivity index (χ2n) is 4.19. The van der Waals surface area contributed by atoms with Crippen molar-refractivity contribution in [3.63, 3.8) is 0 Å². The summed E-state index contributed by atoms with van der Waals surface area (Å²) in [6, 6.07) is -0.776. The lowest BCUT2D eigenvalue weighted by molar-refractivity contribution is -0.138. The number of anilines is 1. The highest BCUT2D eigenvalue weighted by molar-refractivity contribution is 5.87. The molecule has 0 spiro atoms. The first kappa shape index (κ1) is 10.9. The van der Waals surface area contributed by atoms with E-state index in [4.69, 9.17) is 5.11 Å². The van der Waals surface area contributed by atoms with Crippen LogP contribution in [0.5, 0.6) is 0 Å². The summed E-state index contributed by atoms with van der Waals surface area (Å²) >= 11 is 0. The van der Waals surface area contributed by atoms with Crippen LogP contribution in [0, 0.1) is 0 Å². The molecule has 1 aliphatic rings. The van der Waals surface area contributed by atoms with E-state index in [0.29, 0.717) is 17.0 Å². The highest BCUT2D eigenvalue weighted by Gasteiger charge is 2.37. The molecule has 0 bridgehead atoms. The summed E-state index contributed by atoms with van der Waals surface area (Å²) in [5, 5.41) is 18.8. The molecular formula is C10H11N5O3. The molecule has 8 heteroatoms. The van der Waals surface area contributed by atoms with Gasteiger partial charge in [0.15, 0.2) is 11.5 Å². The van der Waals surface area contributed by atoms with Gasteiger partial charge in [0.2, 0.25) is 0 Å². The summed E-state index contributed by atoms with van der Waals surface area (Å²) in [5.41, 5.74) is 1.06. The number of nitrogens with one attached hydrogen (secondary N) is 1. The minimum absolute atomic E-state index is 0.189. The first-order valence-corrected chi connectivity index (χ1v) is 5.48. The number of fused-ring (bicyclic) bond motifs is 1. The maximum Gasteiger partial charge on any atom is 0.326 e. The molecule has 1 fully saturated rings. The standard InChI is InChI=1S/C10H11N5O3/c16-5-1-6(10(17)18)15(2-5)9-7-8(12-3-11-7)13-4-14-9/h3-6,16H,1-2H2,(H,17,18)(H,11,12,13,14). The van der Waals surface area contributed by atoms with Crippen LogP contribution < -0.4 is 4.90 Å². The van der Waals surface area contributed by atoms with Gasteiger partial charge in [0.1, 0.15) is 17.9 Å². The van der Waals surface area contributed by atoms with Crippen LogP contribution in [0.3, 0.4) is 0 Å². The number of imidazole rings is 1. The van der Waals surface area contributed by atoms with Crippen LogP contribution in [0.1, 0.15) is 6.42 Å². The number of aromatic amines is 1. The van der Waals surface area contributed by atoms with Crippen molar-refractivity contribution >= 4 is 23.0 Å². The normalized spacial score (nSPS) is 23.7. The SMILES string of the molecule is O=C(O)C1CC(O)CN1c1ncnc2nc[nH]c12. The summed E-state index contributed by atoms with van der Waals surface area (Å²) in [7, 11) is 0. The second kappa shape index (κ2) is 3.91. The van der Waals surface area contributed by atoms with Crippen molar-refractivity contribution in [1.29, 1.82) is 0 Å². The van der Waals surface area contributed by atoms with Gasteiger partial charge in [-0.05, 0) is 0 Å². The number of carboxylic acids is 1. The Hall–Kier alpha value is -2.22. The van der Waals surface area contributed by atoms with Gasteiger partial charge in [-0.25, -0.2) is 19.7 Å². The van der Waals surface area contributed by atoms with E-state index in [1.54, 1.807) is 4.90 Å². The lowest BCUT2D eigenvalue weighted by atomic mass is 10.2. The van der Waals surface area contributed by atoms with Gasteiger partial charge in [-0.15, -0.1) is 0 Å². The van der Waals surface area contributed by atoms with Crippen molar-refractivity contribution in [2.24, 2.45) is 0 Å². The van der Waals surface area contributed by atoms with Gasteiger partial charge in [0.25, 0.3) is 0 Å². The molecule has 2 aromatic rings. The molecule has 2 atom stereocenters. The van der Waals surface area contributed by atoms with E-state index in [2.05, 4.69) is 19.9 Å². The summed E-state index contributed by atoms with van der Waals surface area (Å²) in [6.45, 7) is 0.238. The van der Waals surface area contributed by atoms with Crippen LogP contribution in [0.2, 0.25) is 0 Å². The number of hydrogen-bond donors (Lipinski definition) is 3. The molecule has 0 saturated carbocycles. The molecule has 1 aliphatic heterocycles. The van der Waals surface area contributed by atoms with Gasteiger partial charge in [0.05, 0.1) is 12.4 Å². The minimum atomic E-state index is -0.974. The Bertz CT molecular complexity index is 598. The van der Waals surface area contributed by atoms with Gasteiger partial charge in [-0.3, -0.25) is 0 Å². The largest absolute Gasteiger partial charge is 0.480 e. The molecule has 2 unspecified atom stereocenters.